The molecule has 0 saturated heterocycles. The van der Waals surface area contributed by atoms with Gasteiger partial charge in [0, 0.05) is 17.4 Å². The Hall–Kier alpha value is -2.16. The molecule has 0 amide bonds. The van der Waals surface area contributed by atoms with Crippen LogP contribution in [0.2, 0.25) is 0 Å². The fraction of sp³-hybridized carbons (Fsp3) is 0.250. The fourth-order valence-electron chi connectivity index (χ4n) is 2.91. The number of fused-ring (bicyclic) bond motifs is 4. The van der Waals surface area contributed by atoms with Gasteiger partial charge in [0.2, 0.25) is 0 Å². The van der Waals surface area contributed by atoms with Crippen molar-refractivity contribution >= 4 is 21.8 Å². The summed E-state index contributed by atoms with van der Waals surface area (Å²) in [6.45, 7) is 0. The van der Waals surface area contributed by atoms with E-state index in [2.05, 4.69) is 0 Å². The minimum absolute atomic E-state index is 0.256. The molecule has 2 aromatic heterocycles. The van der Waals surface area contributed by atoms with E-state index in [0.29, 0.717) is 5.39 Å². The van der Waals surface area contributed by atoms with E-state index < -0.39 is 0 Å². The van der Waals surface area contributed by atoms with Crippen molar-refractivity contribution in [2.45, 2.75) is 25.7 Å². The highest BCUT2D eigenvalue weighted by atomic mass is 16.4. The van der Waals surface area contributed by atoms with Crippen LogP contribution in [0.4, 0.5) is 0 Å². The lowest BCUT2D eigenvalue weighted by molar-refractivity contribution is 0.435. The smallest absolute Gasteiger partial charge is 0.345 e. The normalized spacial score (nSPS) is 14.7. The number of aromatic nitrogens is 1. The molecule has 4 rings (SSSR count). The van der Waals surface area contributed by atoms with Crippen LogP contribution in [0.3, 0.4) is 0 Å². The first kappa shape index (κ1) is 10.7. The Morgan fingerprint density at radius 1 is 1.11 bits per heavy atom. The number of nitrogens with zero attached hydrogens (tertiary/aromatic N) is 1. The van der Waals surface area contributed by atoms with E-state index in [-0.39, 0.29) is 5.63 Å². The number of hydrogen-bond acceptors (Lipinski definition) is 3. The molecule has 0 bridgehead atoms. The molecule has 1 aliphatic carbocycles. The van der Waals surface area contributed by atoms with Crippen LogP contribution in [0.25, 0.3) is 21.8 Å². The Kier molecular flexibility index (Phi) is 2.21. The average molecular weight is 251 g/mol. The predicted molar refractivity (Wildman–Crippen MR) is 74.4 cm³/mol. The first-order valence-electron chi connectivity index (χ1n) is 6.67. The van der Waals surface area contributed by atoms with E-state index in [1.54, 1.807) is 0 Å². The van der Waals surface area contributed by atoms with E-state index in [9.17, 15) is 4.79 Å². The van der Waals surface area contributed by atoms with Gasteiger partial charge in [-0.1, -0.05) is 18.2 Å². The number of benzene rings is 1. The topological polar surface area (TPSA) is 43.1 Å². The molecule has 0 fully saturated rings. The summed E-state index contributed by atoms with van der Waals surface area (Å²) >= 11 is 0. The Morgan fingerprint density at radius 2 is 1.95 bits per heavy atom. The zero-order valence-electron chi connectivity index (χ0n) is 10.5. The third kappa shape index (κ3) is 1.58. The molecule has 1 aliphatic rings. The third-order valence-electron chi connectivity index (χ3n) is 3.86. The summed E-state index contributed by atoms with van der Waals surface area (Å²) in [5.74, 6) is 0.839. The van der Waals surface area contributed by atoms with Crippen molar-refractivity contribution in [3.63, 3.8) is 0 Å². The Balaban J connectivity index is 2.19. The van der Waals surface area contributed by atoms with Crippen molar-refractivity contribution in [1.29, 1.82) is 0 Å². The van der Waals surface area contributed by atoms with Crippen LogP contribution < -0.4 is 5.63 Å². The lowest BCUT2D eigenvalue weighted by Gasteiger charge is -2.15. The fourth-order valence-corrected chi connectivity index (χ4v) is 2.91. The molecule has 19 heavy (non-hydrogen) atoms. The van der Waals surface area contributed by atoms with E-state index in [4.69, 9.17) is 9.40 Å². The van der Waals surface area contributed by atoms with Gasteiger partial charge in [-0.05, 0) is 31.4 Å². The van der Waals surface area contributed by atoms with Crippen LogP contribution in [0, 0.1) is 0 Å². The van der Waals surface area contributed by atoms with Crippen LogP contribution in [0.1, 0.15) is 24.2 Å². The minimum atomic E-state index is -0.256. The summed E-state index contributed by atoms with van der Waals surface area (Å²) in [6.07, 6.45) is 4.05. The lowest BCUT2D eigenvalue weighted by atomic mass is 9.95. The molecule has 1 aromatic carbocycles. The molecule has 0 N–H and O–H groups in total. The highest BCUT2D eigenvalue weighted by molar-refractivity contribution is 5.93. The molecule has 0 spiro atoms. The SMILES string of the molecule is O=c1oc2c(c3nc4ccccc4cc13)CCCC2. The van der Waals surface area contributed by atoms with Crippen molar-refractivity contribution in [1.82, 2.24) is 4.98 Å². The zero-order chi connectivity index (χ0) is 12.8. The van der Waals surface area contributed by atoms with Gasteiger partial charge in [-0.3, -0.25) is 0 Å². The Bertz CT molecular complexity index is 848. The number of hydrogen-bond donors (Lipinski definition) is 0. The molecule has 0 unspecified atom stereocenters. The molecule has 3 aromatic rings. The monoisotopic (exact) mass is 251 g/mol. The van der Waals surface area contributed by atoms with Gasteiger partial charge >= 0.3 is 5.63 Å². The van der Waals surface area contributed by atoms with Crippen molar-refractivity contribution in [2.24, 2.45) is 0 Å². The van der Waals surface area contributed by atoms with E-state index in [1.165, 1.54) is 0 Å². The minimum Gasteiger partial charge on any atom is -0.427 e. The number of rotatable bonds is 0. The van der Waals surface area contributed by atoms with Gasteiger partial charge in [-0.15, -0.1) is 0 Å². The van der Waals surface area contributed by atoms with Crippen LogP contribution >= 0.6 is 0 Å². The van der Waals surface area contributed by atoms with Crippen LogP contribution in [0.5, 0.6) is 0 Å². The van der Waals surface area contributed by atoms with Crippen molar-refractivity contribution in [3.05, 3.63) is 52.1 Å². The van der Waals surface area contributed by atoms with Crippen LogP contribution in [-0.2, 0) is 12.8 Å². The first-order valence-corrected chi connectivity index (χ1v) is 6.67. The molecule has 0 saturated carbocycles. The molecule has 0 radical (unpaired) electrons. The number of aryl methyl sites for hydroxylation is 2. The summed E-state index contributed by atoms with van der Waals surface area (Å²) in [7, 11) is 0. The summed E-state index contributed by atoms with van der Waals surface area (Å²) < 4.78 is 5.47. The molecule has 0 atom stereocenters. The Labute approximate surface area is 109 Å². The second kappa shape index (κ2) is 3.92. The van der Waals surface area contributed by atoms with E-state index >= 15 is 0 Å². The highest BCUT2D eigenvalue weighted by Gasteiger charge is 2.18. The van der Waals surface area contributed by atoms with E-state index in [1.807, 2.05) is 30.3 Å². The Morgan fingerprint density at radius 3 is 2.89 bits per heavy atom. The average Bonchev–Trinajstić information content (AvgIpc) is 2.46. The predicted octanol–water partition coefficient (Wildman–Crippen LogP) is 3.22. The summed E-state index contributed by atoms with van der Waals surface area (Å²) in [4.78, 5) is 16.8. The maximum absolute atomic E-state index is 12.1. The number of para-hydroxylation sites is 1. The quantitative estimate of drug-likeness (QED) is 0.576. The van der Waals surface area contributed by atoms with Crippen LogP contribution in [0.15, 0.2) is 39.5 Å². The van der Waals surface area contributed by atoms with Gasteiger partial charge in [-0.25, -0.2) is 9.78 Å². The van der Waals surface area contributed by atoms with Gasteiger partial charge in [0.05, 0.1) is 16.4 Å². The van der Waals surface area contributed by atoms with Gasteiger partial charge in [0.15, 0.2) is 0 Å². The van der Waals surface area contributed by atoms with Gasteiger partial charge in [0.1, 0.15) is 5.76 Å². The molecular formula is C16H13NO2. The molecule has 94 valence electrons. The van der Waals surface area contributed by atoms with Crippen molar-refractivity contribution in [3.8, 4) is 0 Å². The second-order valence-electron chi connectivity index (χ2n) is 5.08. The standard InChI is InChI=1S/C16H13NO2/c18-16-12-9-10-5-1-3-7-13(10)17-15(12)11-6-2-4-8-14(11)19-16/h1,3,5,7,9H,2,4,6,8H2. The first-order chi connectivity index (χ1) is 9.33. The largest absolute Gasteiger partial charge is 0.427 e. The van der Waals surface area contributed by atoms with Crippen LogP contribution in [-0.4, -0.2) is 4.98 Å². The lowest BCUT2D eigenvalue weighted by Crippen LogP contribution is -2.11. The van der Waals surface area contributed by atoms with Gasteiger partial charge in [-0.2, -0.15) is 0 Å². The summed E-state index contributed by atoms with van der Waals surface area (Å²) in [6, 6.07) is 9.78. The molecule has 3 heteroatoms. The molecular weight excluding hydrogens is 238 g/mol. The maximum atomic E-state index is 12.1. The summed E-state index contributed by atoms with van der Waals surface area (Å²) in [5, 5.41) is 1.59. The molecule has 2 heterocycles. The van der Waals surface area contributed by atoms with Gasteiger partial charge in [0.25, 0.3) is 0 Å². The van der Waals surface area contributed by atoms with E-state index in [0.717, 1.165) is 53.4 Å². The summed E-state index contributed by atoms with van der Waals surface area (Å²) in [5.41, 5.74) is 2.65. The van der Waals surface area contributed by atoms with Gasteiger partial charge < -0.3 is 4.42 Å². The highest BCUT2D eigenvalue weighted by Crippen LogP contribution is 2.27. The second-order valence-corrected chi connectivity index (χ2v) is 5.08. The third-order valence-corrected chi connectivity index (χ3v) is 3.86. The van der Waals surface area contributed by atoms with Crippen molar-refractivity contribution in [2.75, 3.05) is 0 Å². The van der Waals surface area contributed by atoms with Crippen molar-refractivity contribution < 1.29 is 4.42 Å². The molecule has 0 aliphatic heterocycles. The molecule has 3 nitrogen and oxygen atoms in total. The zero-order valence-corrected chi connectivity index (χ0v) is 10.5. The number of pyridine rings is 1. The maximum Gasteiger partial charge on any atom is 0.345 e.